The number of rotatable bonds is 6. The first-order valence-corrected chi connectivity index (χ1v) is 6.96. The van der Waals surface area contributed by atoms with E-state index >= 15 is 0 Å². The van der Waals surface area contributed by atoms with Crippen LogP contribution in [0.1, 0.15) is 20.3 Å². The average Bonchev–Trinajstić information content (AvgIpc) is 2.91. The fourth-order valence-electron chi connectivity index (χ4n) is 1.74. The second kappa shape index (κ2) is 6.99. The van der Waals surface area contributed by atoms with Crippen LogP contribution in [0.5, 0.6) is 0 Å². The van der Waals surface area contributed by atoms with Gasteiger partial charge in [-0.2, -0.15) is 5.10 Å². The van der Waals surface area contributed by atoms with Crippen molar-refractivity contribution in [3.8, 4) is 11.4 Å². The number of carbonyl (C=O) groups excluding carboxylic acids is 1. The number of nitrogens with one attached hydrogen (secondary N) is 1. The molecule has 0 unspecified atom stereocenters. The molecule has 0 fully saturated rings. The summed E-state index contributed by atoms with van der Waals surface area (Å²) < 4.78 is 7.04. The van der Waals surface area contributed by atoms with Gasteiger partial charge in [0.1, 0.15) is 12.9 Å². The van der Waals surface area contributed by atoms with E-state index in [-0.39, 0.29) is 18.6 Å². The Labute approximate surface area is 124 Å². The van der Waals surface area contributed by atoms with Gasteiger partial charge in [0.05, 0.1) is 6.10 Å². The lowest BCUT2D eigenvalue weighted by Crippen LogP contribution is -2.21. The molecule has 2 aromatic rings. The Bertz CT molecular complexity index is 609. The van der Waals surface area contributed by atoms with Crippen molar-refractivity contribution in [2.75, 3.05) is 11.9 Å². The van der Waals surface area contributed by atoms with Gasteiger partial charge in [0.2, 0.25) is 5.91 Å². The predicted octanol–water partition coefficient (Wildman–Crippen LogP) is 2.24. The first kappa shape index (κ1) is 15.2. The summed E-state index contributed by atoms with van der Waals surface area (Å²) in [5.74, 6) is 0.464. The molecule has 112 valence electrons. The number of benzene rings is 1. The third-order valence-electron chi connectivity index (χ3n) is 3.08. The summed E-state index contributed by atoms with van der Waals surface area (Å²) in [7, 11) is 1.81. The Morgan fingerprint density at radius 3 is 2.95 bits per heavy atom. The van der Waals surface area contributed by atoms with Crippen LogP contribution in [0, 0.1) is 0 Å². The highest BCUT2D eigenvalue weighted by Gasteiger charge is 2.08. The Morgan fingerprint density at radius 2 is 2.29 bits per heavy atom. The van der Waals surface area contributed by atoms with Crippen molar-refractivity contribution in [1.82, 2.24) is 14.8 Å². The second-order valence-corrected chi connectivity index (χ2v) is 4.90. The summed E-state index contributed by atoms with van der Waals surface area (Å²) in [5.41, 5.74) is 1.56. The molecule has 6 nitrogen and oxygen atoms in total. The average molecular weight is 288 g/mol. The molecule has 0 aliphatic carbocycles. The largest absolute Gasteiger partial charge is 0.369 e. The monoisotopic (exact) mass is 288 g/mol. The molecule has 1 heterocycles. The molecule has 1 atom stereocenters. The van der Waals surface area contributed by atoms with Gasteiger partial charge < -0.3 is 10.1 Å². The van der Waals surface area contributed by atoms with Crippen molar-refractivity contribution < 1.29 is 9.53 Å². The van der Waals surface area contributed by atoms with E-state index in [1.54, 1.807) is 11.0 Å². The van der Waals surface area contributed by atoms with Crippen LogP contribution in [0.3, 0.4) is 0 Å². The maximum absolute atomic E-state index is 11.8. The van der Waals surface area contributed by atoms with Crippen LogP contribution in [-0.2, 0) is 16.6 Å². The number of carbonyl (C=O) groups is 1. The van der Waals surface area contributed by atoms with Crippen LogP contribution in [0.15, 0.2) is 30.6 Å². The summed E-state index contributed by atoms with van der Waals surface area (Å²) in [6.45, 7) is 4.02. The number of ether oxygens (including phenoxy) is 1. The number of aromatic nitrogens is 3. The Balaban J connectivity index is 1.99. The van der Waals surface area contributed by atoms with Crippen LogP contribution in [0.2, 0.25) is 0 Å². The van der Waals surface area contributed by atoms with Crippen LogP contribution in [0.25, 0.3) is 11.4 Å². The molecule has 0 bridgehead atoms. The fraction of sp³-hybridized carbons (Fsp3) is 0.400. The lowest BCUT2D eigenvalue weighted by atomic mass is 10.2. The van der Waals surface area contributed by atoms with Gasteiger partial charge in [-0.15, -0.1) is 0 Å². The first-order valence-electron chi connectivity index (χ1n) is 6.96. The lowest BCUT2D eigenvalue weighted by Gasteiger charge is -2.11. The fourth-order valence-corrected chi connectivity index (χ4v) is 1.74. The SMILES string of the molecule is CC[C@H](C)OCC(=O)Nc1cccc(-c2ncn(C)n2)c1. The first-order chi connectivity index (χ1) is 10.1. The van der Waals surface area contributed by atoms with Crippen molar-refractivity contribution in [3.05, 3.63) is 30.6 Å². The van der Waals surface area contributed by atoms with Crippen LogP contribution >= 0.6 is 0 Å². The number of anilines is 1. The molecule has 1 amide bonds. The minimum absolute atomic E-state index is 0.0566. The smallest absolute Gasteiger partial charge is 0.250 e. The normalized spacial score (nSPS) is 12.1. The van der Waals surface area contributed by atoms with E-state index in [4.69, 9.17) is 4.74 Å². The second-order valence-electron chi connectivity index (χ2n) is 4.90. The molecule has 1 N–H and O–H groups in total. The third-order valence-corrected chi connectivity index (χ3v) is 3.08. The summed E-state index contributed by atoms with van der Waals surface area (Å²) in [4.78, 5) is 16.0. The van der Waals surface area contributed by atoms with Crippen molar-refractivity contribution >= 4 is 11.6 Å². The minimum atomic E-state index is -0.165. The highest BCUT2D eigenvalue weighted by atomic mass is 16.5. The van der Waals surface area contributed by atoms with Gasteiger partial charge in [-0.05, 0) is 25.5 Å². The highest BCUT2D eigenvalue weighted by molar-refractivity contribution is 5.92. The van der Waals surface area contributed by atoms with E-state index in [0.717, 1.165) is 12.0 Å². The molecule has 0 saturated carbocycles. The molecule has 1 aromatic heterocycles. The van der Waals surface area contributed by atoms with E-state index in [1.807, 2.05) is 45.2 Å². The van der Waals surface area contributed by atoms with E-state index in [2.05, 4.69) is 15.4 Å². The molecule has 0 radical (unpaired) electrons. The summed E-state index contributed by atoms with van der Waals surface area (Å²) in [6, 6.07) is 7.43. The van der Waals surface area contributed by atoms with Gasteiger partial charge in [0.15, 0.2) is 5.82 Å². The highest BCUT2D eigenvalue weighted by Crippen LogP contribution is 2.18. The molecular weight excluding hydrogens is 268 g/mol. The van der Waals surface area contributed by atoms with Gasteiger partial charge in [-0.1, -0.05) is 19.1 Å². The zero-order valence-corrected chi connectivity index (χ0v) is 12.5. The van der Waals surface area contributed by atoms with Crippen molar-refractivity contribution in [2.45, 2.75) is 26.4 Å². The number of aryl methyl sites for hydroxylation is 1. The van der Waals surface area contributed by atoms with Crippen molar-refractivity contribution in [2.24, 2.45) is 7.05 Å². The number of hydrogen-bond acceptors (Lipinski definition) is 4. The zero-order valence-electron chi connectivity index (χ0n) is 12.5. The molecule has 21 heavy (non-hydrogen) atoms. The third kappa shape index (κ3) is 4.39. The lowest BCUT2D eigenvalue weighted by molar-refractivity contribution is -0.122. The van der Waals surface area contributed by atoms with E-state index < -0.39 is 0 Å². The van der Waals surface area contributed by atoms with Gasteiger partial charge >= 0.3 is 0 Å². The van der Waals surface area contributed by atoms with Crippen molar-refractivity contribution in [1.29, 1.82) is 0 Å². The molecule has 0 aliphatic rings. The number of hydrogen-bond donors (Lipinski definition) is 1. The Hall–Kier alpha value is -2.21. The van der Waals surface area contributed by atoms with E-state index in [0.29, 0.717) is 11.5 Å². The maximum atomic E-state index is 11.8. The molecule has 0 saturated heterocycles. The molecule has 1 aromatic carbocycles. The van der Waals surface area contributed by atoms with E-state index in [1.165, 1.54) is 0 Å². The minimum Gasteiger partial charge on any atom is -0.369 e. The number of amides is 1. The zero-order chi connectivity index (χ0) is 15.2. The standard InChI is InChI=1S/C15H20N4O2/c1-4-11(2)21-9-14(20)17-13-7-5-6-12(8-13)15-16-10-19(3)18-15/h5-8,10-11H,4,9H2,1-3H3,(H,17,20)/t11-/m0/s1. The van der Waals surface area contributed by atoms with Crippen molar-refractivity contribution in [3.63, 3.8) is 0 Å². The molecule has 2 rings (SSSR count). The quantitative estimate of drug-likeness (QED) is 0.885. The van der Waals surface area contributed by atoms with E-state index in [9.17, 15) is 4.79 Å². The number of nitrogens with zero attached hydrogens (tertiary/aromatic N) is 3. The summed E-state index contributed by atoms with van der Waals surface area (Å²) >= 11 is 0. The van der Waals surface area contributed by atoms with Gasteiger partial charge in [-0.3, -0.25) is 9.48 Å². The Kier molecular flexibility index (Phi) is 5.05. The topological polar surface area (TPSA) is 69.0 Å². The van der Waals surface area contributed by atoms with Crippen LogP contribution in [0.4, 0.5) is 5.69 Å². The van der Waals surface area contributed by atoms with Gasteiger partial charge in [0, 0.05) is 18.3 Å². The van der Waals surface area contributed by atoms with Gasteiger partial charge in [-0.25, -0.2) is 4.98 Å². The van der Waals surface area contributed by atoms with Crippen LogP contribution < -0.4 is 5.32 Å². The Morgan fingerprint density at radius 1 is 1.48 bits per heavy atom. The van der Waals surface area contributed by atoms with Crippen LogP contribution in [-0.4, -0.2) is 33.4 Å². The molecular formula is C15H20N4O2. The van der Waals surface area contributed by atoms with Gasteiger partial charge in [0.25, 0.3) is 0 Å². The predicted molar refractivity (Wildman–Crippen MR) is 80.8 cm³/mol. The summed E-state index contributed by atoms with van der Waals surface area (Å²) in [5, 5.41) is 7.05. The molecule has 6 heteroatoms. The molecule has 0 aliphatic heterocycles. The molecule has 0 spiro atoms. The summed E-state index contributed by atoms with van der Waals surface area (Å²) in [6.07, 6.45) is 2.61. The maximum Gasteiger partial charge on any atom is 0.250 e.